The second-order valence-corrected chi connectivity index (χ2v) is 14.7. The van der Waals surface area contributed by atoms with Crippen LogP contribution in [0.15, 0.2) is 170 Å². The van der Waals surface area contributed by atoms with Crippen molar-refractivity contribution < 1.29 is 9.47 Å². The standard InChI is InChI=1S/C49H28BNO2/c1-5-16-34-30(12-1)31-13-2-6-17-35(31)49(34)36-18-7-3-14-32(36)46-37(49)25-27-41-47(46)33-15-4-9-20-40(33)51(41)29-24-26-39-45(28-29)53-44-23-11-22-43-48(44)50(39)38-19-8-10-21-42(38)52-43/h1-28H. The molecule has 0 saturated heterocycles. The highest BCUT2D eigenvalue weighted by molar-refractivity contribution is 6.98. The van der Waals surface area contributed by atoms with Gasteiger partial charge < -0.3 is 14.0 Å². The monoisotopic (exact) mass is 673 g/mol. The summed E-state index contributed by atoms with van der Waals surface area (Å²) in [7, 11) is 0. The Morgan fingerprint density at radius 3 is 1.83 bits per heavy atom. The average molecular weight is 674 g/mol. The Bertz CT molecular complexity index is 3050. The first-order chi connectivity index (χ1) is 26.3. The van der Waals surface area contributed by atoms with E-state index in [1.807, 2.05) is 18.2 Å². The molecular weight excluding hydrogens is 645 g/mol. The largest absolute Gasteiger partial charge is 0.458 e. The van der Waals surface area contributed by atoms with Gasteiger partial charge in [0.1, 0.15) is 23.0 Å². The van der Waals surface area contributed by atoms with Gasteiger partial charge in [0.2, 0.25) is 0 Å². The third-order valence-electron chi connectivity index (χ3n) is 12.3. The Morgan fingerprint density at radius 1 is 0.434 bits per heavy atom. The van der Waals surface area contributed by atoms with E-state index in [1.165, 1.54) is 71.8 Å². The first-order valence-corrected chi connectivity index (χ1v) is 18.4. The molecule has 0 bridgehead atoms. The molecule has 3 nitrogen and oxygen atoms in total. The fraction of sp³-hybridized carbons (Fsp3) is 0.0204. The molecule has 3 heterocycles. The summed E-state index contributed by atoms with van der Waals surface area (Å²) in [6, 6.07) is 62.1. The Kier molecular flexibility index (Phi) is 5.13. The summed E-state index contributed by atoms with van der Waals surface area (Å²) in [4.78, 5) is 0. The van der Waals surface area contributed by atoms with Crippen molar-refractivity contribution >= 4 is 44.9 Å². The maximum Gasteiger partial charge on any atom is 0.260 e. The summed E-state index contributed by atoms with van der Waals surface area (Å²) < 4.78 is 15.6. The minimum absolute atomic E-state index is 0.0372. The lowest BCUT2D eigenvalue weighted by molar-refractivity contribution is 0.464. The van der Waals surface area contributed by atoms with Crippen LogP contribution in [0, 0.1) is 0 Å². The Morgan fingerprint density at radius 2 is 1.04 bits per heavy atom. The highest BCUT2D eigenvalue weighted by Gasteiger charge is 2.52. The van der Waals surface area contributed by atoms with E-state index in [9.17, 15) is 0 Å². The van der Waals surface area contributed by atoms with Crippen LogP contribution < -0.4 is 25.9 Å². The van der Waals surface area contributed by atoms with Gasteiger partial charge in [-0.25, -0.2) is 0 Å². The SMILES string of the molecule is c1ccc2c(c1)Oc1cccc3c1B2c1ccc(-n2c4ccccc4c4c5c(ccc42)C2(c4ccccc4-c4ccccc42)c2ccccc2-5)cc1O3. The lowest BCUT2D eigenvalue weighted by Crippen LogP contribution is -2.57. The van der Waals surface area contributed by atoms with Gasteiger partial charge in [-0.1, -0.05) is 127 Å². The third-order valence-corrected chi connectivity index (χ3v) is 12.3. The lowest BCUT2D eigenvalue weighted by Gasteiger charge is -2.33. The molecule has 2 aliphatic carbocycles. The van der Waals surface area contributed by atoms with E-state index in [0.29, 0.717) is 0 Å². The quantitative estimate of drug-likeness (QED) is 0.162. The molecule has 0 amide bonds. The molecule has 0 atom stereocenters. The summed E-state index contributed by atoms with van der Waals surface area (Å²) in [6.07, 6.45) is 0. The molecule has 0 radical (unpaired) electrons. The third kappa shape index (κ3) is 3.29. The number of nitrogens with zero attached hydrogens (tertiary/aromatic N) is 1. The molecule has 0 saturated carbocycles. The zero-order valence-electron chi connectivity index (χ0n) is 28.5. The van der Waals surface area contributed by atoms with Crippen LogP contribution in [-0.2, 0) is 5.41 Å². The van der Waals surface area contributed by atoms with Crippen molar-refractivity contribution in [2.75, 3.05) is 0 Å². The van der Waals surface area contributed by atoms with Crippen molar-refractivity contribution in [2.45, 2.75) is 5.41 Å². The van der Waals surface area contributed by atoms with Gasteiger partial charge in [0.05, 0.1) is 16.4 Å². The number of hydrogen-bond acceptors (Lipinski definition) is 2. The second kappa shape index (κ2) is 9.75. The van der Waals surface area contributed by atoms with Crippen molar-refractivity contribution in [3.05, 3.63) is 192 Å². The first kappa shape index (κ1) is 27.9. The molecule has 0 N–H and O–H groups in total. The zero-order valence-corrected chi connectivity index (χ0v) is 28.5. The predicted octanol–water partition coefficient (Wildman–Crippen LogP) is 9.85. The summed E-state index contributed by atoms with van der Waals surface area (Å²) in [5.74, 6) is 3.50. The van der Waals surface area contributed by atoms with Gasteiger partial charge in [-0.2, -0.15) is 0 Å². The molecule has 4 heteroatoms. The smallest absolute Gasteiger partial charge is 0.260 e. The van der Waals surface area contributed by atoms with E-state index in [0.717, 1.165) is 39.6 Å². The van der Waals surface area contributed by atoms with E-state index >= 15 is 0 Å². The number of rotatable bonds is 1. The van der Waals surface area contributed by atoms with Gasteiger partial charge in [0.15, 0.2) is 0 Å². The number of benzene rings is 8. The summed E-state index contributed by atoms with van der Waals surface area (Å²) in [6.45, 7) is 0.0372. The van der Waals surface area contributed by atoms with Gasteiger partial charge in [-0.15, -0.1) is 0 Å². The Hall–Kier alpha value is -6.78. The maximum atomic E-state index is 6.76. The number of para-hydroxylation sites is 2. The van der Waals surface area contributed by atoms with Gasteiger partial charge in [0.25, 0.3) is 6.71 Å². The lowest BCUT2D eigenvalue weighted by atomic mass is 9.35. The van der Waals surface area contributed by atoms with Crippen LogP contribution in [-0.4, -0.2) is 11.3 Å². The summed E-state index contributed by atoms with van der Waals surface area (Å²) in [5, 5.41) is 2.54. The molecule has 2 aliphatic heterocycles. The minimum atomic E-state index is -0.386. The first-order valence-electron chi connectivity index (χ1n) is 18.4. The molecule has 1 aromatic heterocycles. The van der Waals surface area contributed by atoms with Crippen LogP contribution in [0.1, 0.15) is 22.3 Å². The maximum absolute atomic E-state index is 6.76. The molecule has 9 aromatic rings. The Labute approximate surface area is 306 Å². The van der Waals surface area contributed by atoms with Gasteiger partial charge in [-0.05, 0) is 91.8 Å². The number of fused-ring (bicyclic) bond motifs is 18. The van der Waals surface area contributed by atoms with Crippen molar-refractivity contribution in [1.29, 1.82) is 0 Å². The van der Waals surface area contributed by atoms with Crippen molar-refractivity contribution in [3.8, 4) is 50.9 Å². The van der Waals surface area contributed by atoms with Crippen LogP contribution in [0.4, 0.5) is 0 Å². The fourth-order valence-electron chi connectivity index (χ4n) is 10.4. The topological polar surface area (TPSA) is 23.4 Å². The van der Waals surface area contributed by atoms with Crippen molar-refractivity contribution in [3.63, 3.8) is 0 Å². The van der Waals surface area contributed by atoms with Gasteiger partial charge in [0, 0.05) is 28.0 Å². The van der Waals surface area contributed by atoms with E-state index in [4.69, 9.17) is 9.47 Å². The zero-order chi connectivity index (χ0) is 34.4. The molecule has 13 rings (SSSR count). The van der Waals surface area contributed by atoms with Crippen LogP contribution in [0.3, 0.4) is 0 Å². The highest BCUT2D eigenvalue weighted by Crippen LogP contribution is 2.64. The van der Waals surface area contributed by atoms with E-state index in [2.05, 4.69) is 156 Å². The normalized spacial score (nSPS) is 14.5. The molecular formula is C49H28BNO2. The van der Waals surface area contributed by atoms with E-state index in [1.54, 1.807) is 0 Å². The van der Waals surface area contributed by atoms with Crippen molar-refractivity contribution in [1.82, 2.24) is 4.57 Å². The van der Waals surface area contributed by atoms with Crippen LogP contribution >= 0.6 is 0 Å². The summed E-state index contributed by atoms with van der Waals surface area (Å²) >= 11 is 0. The van der Waals surface area contributed by atoms with Crippen LogP contribution in [0.5, 0.6) is 23.0 Å². The molecule has 4 aliphatic rings. The second-order valence-electron chi connectivity index (χ2n) is 14.7. The van der Waals surface area contributed by atoms with Crippen LogP contribution in [0.2, 0.25) is 0 Å². The minimum Gasteiger partial charge on any atom is -0.458 e. The molecule has 1 spiro atoms. The number of hydrogen-bond donors (Lipinski definition) is 0. The highest BCUT2D eigenvalue weighted by atomic mass is 16.5. The molecule has 0 fully saturated rings. The summed E-state index contributed by atoms with van der Waals surface area (Å²) in [5.41, 5.74) is 17.2. The fourth-order valence-corrected chi connectivity index (χ4v) is 10.4. The number of ether oxygens (including phenoxy) is 2. The van der Waals surface area contributed by atoms with Crippen molar-refractivity contribution in [2.24, 2.45) is 0 Å². The number of aromatic nitrogens is 1. The van der Waals surface area contributed by atoms with Gasteiger partial charge in [-0.3, -0.25) is 0 Å². The average Bonchev–Trinajstić information content (AvgIpc) is 3.82. The molecule has 244 valence electrons. The molecule has 8 aromatic carbocycles. The molecule has 53 heavy (non-hydrogen) atoms. The van der Waals surface area contributed by atoms with Crippen LogP contribution in [0.25, 0.3) is 49.7 Å². The molecule has 0 unspecified atom stereocenters. The van der Waals surface area contributed by atoms with E-state index in [-0.39, 0.29) is 12.1 Å². The predicted molar refractivity (Wildman–Crippen MR) is 215 cm³/mol. The van der Waals surface area contributed by atoms with Gasteiger partial charge >= 0.3 is 0 Å². The Balaban J connectivity index is 1.08. The van der Waals surface area contributed by atoms with E-state index < -0.39 is 0 Å².